The lowest BCUT2D eigenvalue weighted by Crippen LogP contribution is -2.05. The van der Waals surface area contributed by atoms with Crippen LogP contribution < -0.4 is 11.5 Å². The van der Waals surface area contributed by atoms with Gasteiger partial charge in [-0.2, -0.15) is 0 Å². The maximum atomic E-state index is 11.1. The highest BCUT2D eigenvalue weighted by Gasteiger charge is 2.07. The van der Waals surface area contributed by atoms with E-state index in [9.17, 15) is 9.90 Å². The molecule has 0 aromatic heterocycles. The van der Waals surface area contributed by atoms with Crippen molar-refractivity contribution < 1.29 is 14.6 Å². The van der Waals surface area contributed by atoms with Crippen molar-refractivity contribution in [2.75, 3.05) is 18.1 Å². The minimum absolute atomic E-state index is 0.111. The van der Waals surface area contributed by atoms with Gasteiger partial charge in [0, 0.05) is 6.42 Å². The zero-order chi connectivity index (χ0) is 12.1. The second-order valence-corrected chi connectivity index (χ2v) is 3.43. The molecule has 0 aliphatic carbocycles. The lowest BCUT2D eigenvalue weighted by molar-refractivity contribution is -0.143. The normalized spacial score (nSPS) is 10.1. The van der Waals surface area contributed by atoms with Gasteiger partial charge < -0.3 is 21.3 Å². The molecule has 0 amide bonds. The van der Waals surface area contributed by atoms with Crippen molar-refractivity contribution in [1.82, 2.24) is 0 Å². The number of phenolic OH excluding ortho intramolecular Hbond substituents is 1. The van der Waals surface area contributed by atoms with Gasteiger partial charge in [0.2, 0.25) is 0 Å². The van der Waals surface area contributed by atoms with Crippen LogP contribution in [0.15, 0.2) is 12.1 Å². The molecule has 0 saturated heterocycles. The highest BCUT2D eigenvalue weighted by molar-refractivity contribution is 5.71. The van der Waals surface area contributed by atoms with Gasteiger partial charge in [0.05, 0.1) is 18.0 Å². The van der Waals surface area contributed by atoms with Crippen molar-refractivity contribution in [1.29, 1.82) is 0 Å². The van der Waals surface area contributed by atoms with Crippen molar-refractivity contribution in [2.45, 2.75) is 19.8 Å². The largest absolute Gasteiger partial charge is 0.504 e. The summed E-state index contributed by atoms with van der Waals surface area (Å²) in [6, 6.07) is 3.20. The number of phenols is 1. The van der Waals surface area contributed by atoms with E-state index in [0.29, 0.717) is 13.0 Å². The molecule has 0 unspecified atom stereocenters. The Kier molecular flexibility index (Phi) is 3.99. The molecule has 0 saturated carbocycles. The van der Waals surface area contributed by atoms with E-state index in [1.807, 2.05) is 0 Å². The summed E-state index contributed by atoms with van der Waals surface area (Å²) in [6.07, 6.45) is 0.769. The molecule has 0 bridgehead atoms. The molecule has 1 aromatic rings. The predicted octanol–water partition coefficient (Wildman–Crippen LogP) is 1.05. The van der Waals surface area contributed by atoms with Crippen LogP contribution in [0.5, 0.6) is 5.75 Å². The Labute approximate surface area is 94.0 Å². The van der Waals surface area contributed by atoms with E-state index in [4.69, 9.17) is 16.2 Å². The maximum absolute atomic E-state index is 11.1. The van der Waals surface area contributed by atoms with Crippen LogP contribution in [-0.2, 0) is 16.0 Å². The average Bonchev–Trinajstić information content (AvgIpc) is 2.23. The van der Waals surface area contributed by atoms with Crippen molar-refractivity contribution in [3.63, 3.8) is 0 Å². The first-order chi connectivity index (χ1) is 7.54. The number of anilines is 2. The number of nitrogen functional groups attached to an aromatic ring is 2. The van der Waals surface area contributed by atoms with Crippen LogP contribution in [0.3, 0.4) is 0 Å². The second kappa shape index (κ2) is 5.25. The number of carbonyl (C=O) groups excluding carboxylic acids is 1. The molecule has 16 heavy (non-hydrogen) atoms. The van der Waals surface area contributed by atoms with E-state index in [0.717, 1.165) is 5.56 Å². The number of aryl methyl sites for hydroxylation is 1. The van der Waals surface area contributed by atoms with Gasteiger partial charge in [-0.1, -0.05) is 0 Å². The van der Waals surface area contributed by atoms with Crippen molar-refractivity contribution in [3.8, 4) is 5.75 Å². The van der Waals surface area contributed by atoms with Crippen molar-refractivity contribution in [2.24, 2.45) is 0 Å². The Morgan fingerprint density at radius 1 is 1.38 bits per heavy atom. The molecule has 5 heteroatoms. The summed E-state index contributed by atoms with van der Waals surface area (Å²) in [7, 11) is 0. The van der Waals surface area contributed by atoms with Crippen LogP contribution in [0.25, 0.3) is 0 Å². The monoisotopic (exact) mass is 224 g/mol. The van der Waals surface area contributed by atoms with Gasteiger partial charge in [-0.05, 0) is 31.0 Å². The molecule has 1 rings (SSSR count). The Balaban J connectivity index is 2.65. The number of hydrogen-bond acceptors (Lipinski definition) is 5. The number of esters is 1. The fourth-order valence-electron chi connectivity index (χ4n) is 1.37. The molecule has 0 atom stereocenters. The molecule has 0 fully saturated rings. The van der Waals surface area contributed by atoms with Gasteiger partial charge in [0.25, 0.3) is 0 Å². The molecular weight excluding hydrogens is 208 g/mol. The van der Waals surface area contributed by atoms with Crippen LogP contribution in [0.1, 0.15) is 18.9 Å². The van der Waals surface area contributed by atoms with Crippen molar-refractivity contribution in [3.05, 3.63) is 17.7 Å². The van der Waals surface area contributed by atoms with E-state index < -0.39 is 0 Å². The summed E-state index contributed by atoms with van der Waals surface area (Å²) in [5.41, 5.74) is 12.3. The Morgan fingerprint density at radius 3 is 2.44 bits per heavy atom. The Bertz CT molecular complexity index is 368. The summed E-state index contributed by atoms with van der Waals surface area (Å²) in [5, 5.41) is 9.35. The highest BCUT2D eigenvalue weighted by atomic mass is 16.5. The average molecular weight is 224 g/mol. The number of hydrogen-bond donors (Lipinski definition) is 3. The molecule has 0 heterocycles. The molecule has 0 radical (unpaired) electrons. The third-order valence-electron chi connectivity index (χ3n) is 2.15. The lowest BCUT2D eigenvalue weighted by atomic mass is 10.1. The number of nitrogens with two attached hydrogens (primary N) is 2. The minimum Gasteiger partial charge on any atom is -0.504 e. The number of carbonyl (C=O) groups is 1. The molecule has 88 valence electrons. The summed E-state index contributed by atoms with van der Waals surface area (Å²) in [6.45, 7) is 2.13. The third kappa shape index (κ3) is 3.05. The van der Waals surface area contributed by atoms with Gasteiger partial charge >= 0.3 is 5.97 Å². The topological polar surface area (TPSA) is 98.6 Å². The SMILES string of the molecule is CCOC(=O)CCc1cc(N)c(O)c(N)c1. The number of rotatable bonds is 4. The number of benzene rings is 1. The van der Waals surface area contributed by atoms with Crippen LogP contribution in [0.2, 0.25) is 0 Å². The quantitative estimate of drug-likeness (QED) is 0.403. The summed E-state index contributed by atoms with van der Waals surface area (Å²) in [4.78, 5) is 11.1. The molecule has 5 N–H and O–H groups in total. The van der Waals surface area contributed by atoms with Gasteiger partial charge in [0.15, 0.2) is 5.75 Å². The van der Waals surface area contributed by atoms with Crippen molar-refractivity contribution >= 4 is 17.3 Å². The van der Waals surface area contributed by atoms with E-state index in [2.05, 4.69) is 0 Å². The molecular formula is C11H16N2O3. The van der Waals surface area contributed by atoms with Crippen LogP contribution in [-0.4, -0.2) is 17.7 Å². The van der Waals surface area contributed by atoms with E-state index >= 15 is 0 Å². The van der Waals surface area contributed by atoms with Gasteiger partial charge in [-0.25, -0.2) is 0 Å². The highest BCUT2D eigenvalue weighted by Crippen LogP contribution is 2.29. The molecule has 0 aliphatic heterocycles. The fraction of sp³-hybridized carbons (Fsp3) is 0.364. The second-order valence-electron chi connectivity index (χ2n) is 3.43. The Hall–Kier alpha value is -1.91. The summed E-state index contributed by atoms with van der Waals surface area (Å²) in [5.74, 6) is -0.368. The Morgan fingerprint density at radius 2 is 1.94 bits per heavy atom. The molecule has 5 nitrogen and oxygen atoms in total. The number of aromatic hydroxyl groups is 1. The zero-order valence-electron chi connectivity index (χ0n) is 9.19. The molecule has 0 spiro atoms. The third-order valence-corrected chi connectivity index (χ3v) is 2.15. The standard InChI is InChI=1S/C11H16N2O3/c1-2-16-10(14)4-3-7-5-8(12)11(15)9(13)6-7/h5-6,15H,2-4,12-13H2,1H3. The summed E-state index contributed by atoms with van der Waals surface area (Å²) >= 11 is 0. The fourth-order valence-corrected chi connectivity index (χ4v) is 1.37. The lowest BCUT2D eigenvalue weighted by Gasteiger charge is -2.07. The smallest absolute Gasteiger partial charge is 0.306 e. The van der Waals surface area contributed by atoms with Gasteiger partial charge in [-0.15, -0.1) is 0 Å². The molecule has 0 aliphatic rings. The summed E-state index contributed by atoms with van der Waals surface area (Å²) < 4.78 is 4.80. The molecule has 1 aromatic carbocycles. The maximum Gasteiger partial charge on any atom is 0.306 e. The predicted molar refractivity (Wildman–Crippen MR) is 61.9 cm³/mol. The van der Waals surface area contributed by atoms with E-state index in [1.54, 1.807) is 19.1 Å². The number of ether oxygens (including phenoxy) is 1. The van der Waals surface area contributed by atoms with Crippen LogP contribution in [0, 0.1) is 0 Å². The van der Waals surface area contributed by atoms with Gasteiger partial charge in [-0.3, -0.25) is 4.79 Å². The first kappa shape index (κ1) is 12.2. The van der Waals surface area contributed by atoms with Crippen LogP contribution in [0.4, 0.5) is 11.4 Å². The van der Waals surface area contributed by atoms with Gasteiger partial charge in [0.1, 0.15) is 0 Å². The first-order valence-electron chi connectivity index (χ1n) is 5.07. The zero-order valence-corrected chi connectivity index (χ0v) is 9.19. The van der Waals surface area contributed by atoms with E-state index in [-0.39, 0.29) is 29.5 Å². The minimum atomic E-state index is -0.257. The van der Waals surface area contributed by atoms with Crippen LogP contribution >= 0.6 is 0 Å². The van der Waals surface area contributed by atoms with E-state index in [1.165, 1.54) is 0 Å². The first-order valence-corrected chi connectivity index (χ1v) is 5.07.